The van der Waals surface area contributed by atoms with Gasteiger partial charge in [0.15, 0.2) is 0 Å². The first kappa shape index (κ1) is 17.7. The summed E-state index contributed by atoms with van der Waals surface area (Å²) in [5.41, 5.74) is 0.631. The topological polar surface area (TPSA) is 79.5 Å². The number of hydrogen-bond acceptors (Lipinski definition) is 5. The van der Waals surface area contributed by atoms with Crippen LogP contribution in [0.1, 0.15) is 39.7 Å². The molecule has 2 heterocycles. The zero-order chi connectivity index (χ0) is 16.9. The molecule has 23 heavy (non-hydrogen) atoms. The molecule has 2 unspecified atom stereocenters. The van der Waals surface area contributed by atoms with E-state index >= 15 is 0 Å². The number of nitrogens with zero attached hydrogens (tertiary/aromatic N) is 2. The average molecular weight is 324 g/mol. The van der Waals surface area contributed by atoms with Gasteiger partial charge >= 0.3 is 6.09 Å². The Bertz CT molecular complexity index is 484. The van der Waals surface area contributed by atoms with Crippen LogP contribution in [0.5, 0.6) is 0 Å². The molecule has 1 saturated heterocycles. The summed E-state index contributed by atoms with van der Waals surface area (Å²) >= 11 is 0. The van der Waals surface area contributed by atoms with Gasteiger partial charge in [-0.2, -0.15) is 5.10 Å². The van der Waals surface area contributed by atoms with Crippen molar-refractivity contribution in [2.75, 3.05) is 19.8 Å². The summed E-state index contributed by atoms with van der Waals surface area (Å²) in [6, 6.07) is 0.284. The summed E-state index contributed by atoms with van der Waals surface area (Å²) in [5.74, 6) is 0. The second kappa shape index (κ2) is 7.79. The van der Waals surface area contributed by atoms with Gasteiger partial charge in [-0.05, 0) is 34.1 Å². The number of amides is 1. The summed E-state index contributed by atoms with van der Waals surface area (Å²) in [4.78, 5) is 14.2. The number of ether oxygens (including phenoxy) is 2. The van der Waals surface area contributed by atoms with Crippen LogP contribution in [0.25, 0.3) is 0 Å². The Morgan fingerprint density at radius 3 is 3.04 bits per heavy atom. The number of rotatable bonds is 5. The van der Waals surface area contributed by atoms with Crippen LogP contribution < -0.4 is 5.32 Å². The van der Waals surface area contributed by atoms with Crippen molar-refractivity contribution in [3.8, 4) is 0 Å². The maximum absolute atomic E-state index is 12.4. The Hall–Kier alpha value is -1.60. The van der Waals surface area contributed by atoms with Gasteiger partial charge in [0.25, 0.3) is 0 Å². The van der Waals surface area contributed by atoms with Crippen LogP contribution in [0.2, 0.25) is 0 Å². The smallest absolute Gasteiger partial charge is 0.410 e. The van der Waals surface area contributed by atoms with Gasteiger partial charge in [-0.1, -0.05) is 0 Å². The summed E-state index contributed by atoms with van der Waals surface area (Å²) in [6.45, 7) is 10.2. The van der Waals surface area contributed by atoms with E-state index in [4.69, 9.17) is 9.47 Å². The predicted molar refractivity (Wildman–Crippen MR) is 87.1 cm³/mol. The maximum Gasteiger partial charge on any atom is 0.410 e. The van der Waals surface area contributed by atoms with Crippen molar-refractivity contribution in [1.29, 1.82) is 0 Å². The Balaban J connectivity index is 1.86. The van der Waals surface area contributed by atoms with Crippen molar-refractivity contribution in [1.82, 2.24) is 20.4 Å². The number of aromatic nitrogens is 2. The molecule has 7 nitrogen and oxygen atoms in total. The molecule has 0 spiro atoms. The molecule has 1 aliphatic rings. The Labute approximate surface area is 137 Å². The monoisotopic (exact) mass is 324 g/mol. The van der Waals surface area contributed by atoms with Gasteiger partial charge in [0, 0.05) is 30.9 Å². The highest BCUT2D eigenvalue weighted by Gasteiger charge is 2.31. The third-order valence-electron chi connectivity index (χ3n) is 3.69. The van der Waals surface area contributed by atoms with E-state index in [-0.39, 0.29) is 18.2 Å². The predicted octanol–water partition coefficient (Wildman–Crippen LogP) is 1.91. The molecule has 0 radical (unpaired) electrons. The minimum atomic E-state index is -0.481. The van der Waals surface area contributed by atoms with E-state index in [0.29, 0.717) is 19.8 Å². The van der Waals surface area contributed by atoms with Gasteiger partial charge in [-0.15, -0.1) is 0 Å². The Morgan fingerprint density at radius 1 is 1.61 bits per heavy atom. The zero-order valence-corrected chi connectivity index (χ0v) is 14.5. The van der Waals surface area contributed by atoms with E-state index in [1.54, 1.807) is 11.1 Å². The lowest BCUT2D eigenvalue weighted by Gasteiger charge is -2.37. The molecule has 2 atom stereocenters. The van der Waals surface area contributed by atoms with Crippen molar-refractivity contribution >= 4 is 6.09 Å². The summed E-state index contributed by atoms with van der Waals surface area (Å²) in [6.07, 6.45) is 4.23. The lowest BCUT2D eigenvalue weighted by molar-refractivity contribution is -0.0356. The largest absolute Gasteiger partial charge is 0.444 e. The van der Waals surface area contributed by atoms with Crippen molar-refractivity contribution in [3.63, 3.8) is 0 Å². The van der Waals surface area contributed by atoms with E-state index in [0.717, 1.165) is 18.5 Å². The van der Waals surface area contributed by atoms with E-state index < -0.39 is 5.60 Å². The normalized spacial score (nSPS) is 20.3. The van der Waals surface area contributed by atoms with Crippen molar-refractivity contribution in [2.24, 2.45) is 0 Å². The number of nitrogens with one attached hydrogen (secondary N) is 2. The van der Waals surface area contributed by atoms with Gasteiger partial charge in [0.1, 0.15) is 5.60 Å². The molecular formula is C16H28N4O3. The maximum atomic E-state index is 12.4. The molecule has 2 N–H and O–H groups in total. The fraction of sp³-hybridized carbons (Fsp3) is 0.750. The number of aromatic amines is 1. The molecule has 1 aromatic rings. The number of carbonyl (C=O) groups is 1. The second-order valence-corrected chi connectivity index (χ2v) is 7.03. The van der Waals surface area contributed by atoms with Crippen LogP contribution in [0.15, 0.2) is 12.4 Å². The van der Waals surface area contributed by atoms with Crippen molar-refractivity contribution in [3.05, 3.63) is 18.0 Å². The summed E-state index contributed by atoms with van der Waals surface area (Å²) in [7, 11) is 0. The first-order valence-corrected chi connectivity index (χ1v) is 8.13. The van der Waals surface area contributed by atoms with Gasteiger partial charge < -0.3 is 19.7 Å². The van der Waals surface area contributed by atoms with E-state index in [1.807, 2.05) is 27.0 Å². The van der Waals surface area contributed by atoms with Crippen LogP contribution in [0, 0.1) is 0 Å². The van der Waals surface area contributed by atoms with Crippen LogP contribution in [0.3, 0.4) is 0 Å². The number of hydrogen-bond donors (Lipinski definition) is 2. The minimum absolute atomic E-state index is 0.0328. The number of morpholine rings is 1. The third kappa shape index (κ3) is 5.84. The quantitative estimate of drug-likeness (QED) is 0.865. The zero-order valence-electron chi connectivity index (χ0n) is 14.5. The first-order valence-electron chi connectivity index (χ1n) is 8.13. The summed E-state index contributed by atoms with van der Waals surface area (Å²) in [5, 5.41) is 10.2. The minimum Gasteiger partial charge on any atom is -0.444 e. The molecule has 130 valence electrons. The molecule has 7 heteroatoms. The van der Waals surface area contributed by atoms with E-state index in [9.17, 15) is 4.79 Å². The molecule has 0 aromatic carbocycles. The van der Waals surface area contributed by atoms with Gasteiger partial charge in [0.05, 0.1) is 25.5 Å². The molecule has 1 amide bonds. The van der Waals surface area contributed by atoms with Crippen molar-refractivity contribution in [2.45, 2.75) is 58.3 Å². The van der Waals surface area contributed by atoms with Gasteiger partial charge in [0.2, 0.25) is 0 Å². The lowest BCUT2D eigenvalue weighted by Crippen LogP contribution is -2.52. The number of H-pyrrole nitrogens is 1. The highest BCUT2D eigenvalue weighted by molar-refractivity contribution is 5.68. The second-order valence-electron chi connectivity index (χ2n) is 7.03. The molecule has 0 saturated carbocycles. The third-order valence-corrected chi connectivity index (χ3v) is 3.69. The molecule has 1 aliphatic heterocycles. The lowest BCUT2D eigenvalue weighted by atomic mass is 10.1. The van der Waals surface area contributed by atoms with Gasteiger partial charge in [-0.3, -0.25) is 5.10 Å². The fourth-order valence-corrected chi connectivity index (χ4v) is 2.57. The fourth-order valence-electron chi connectivity index (χ4n) is 2.57. The summed E-state index contributed by atoms with van der Waals surface area (Å²) < 4.78 is 11.1. The van der Waals surface area contributed by atoms with Crippen LogP contribution in [0.4, 0.5) is 4.79 Å². The average Bonchev–Trinajstić information content (AvgIpc) is 2.97. The molecular weight excluding hydrogens is 296 g/mol. The highest BCUT2D eigenvalue weighted by atomic mass is 16.6. The van der Waals surface area contributed by atoms with Crippen molar-refractivity contribution < 1.29 is 14.3 Å². The first-order chi connectivity index (χ1) is 10.8. The molecule has 2 rings (SSSR count). The molecule has 0 aliphatic carbocycles. The molecule has 1 fully saturated rings. The Kier molecular flexibility index (Phi) is 6.01. The van der Waals surface area contributed by atoms with Crippen LogP contribution >= 0.6 is 0 Å². The van der Waals surface area contributed by atoms with E-state index in [1.165, 1.54) is 0 Å². The highest BCUT2D eigenvalue weighted by Crippen LogP contribution is 2.17. The molecule has 1 aromatic heterocycles. The number of carbonyl (C=O) groups excluding carboxylic acids is 1. The van der Waals surface area contributed by atoms with E-state index in [2.05, 4.69) is 22.4 Å². The SMILES string of the molecule is CC(CC1COCCN1C(=O)OC(C)(C)C)NCc1cn[nH]c1. The van der Waals surface area contributed by atoms with Crippen LogP contribution in [-0.4, -0.2) is 58.6 Å². The molecule has 0 bridgehead atoms. The van der Waals surface area contributed by atoms with Crippen LogP contribution in [-0.2, 0) is 16.0 Å². The standard InChI is InChI=1S/C16H28N4O3/c1-12(17-8-13-9-18-19-10-13)7-14-11-22-6-5-20(14)15(21)23-16(2,3)4/h9-10,12,14,17H,5-8,11H2,1-4H3,(H,18,19). The van der Waals surface area contributed by atoms with Gasteiger partial charge in [-0.25, -0.2) is 4.79 Å². The Morgan fingerprint density at radius 2 is 2.39 bits per heavy atom.